The molecule has 1 unspecified atom stereocenters. The zero-order valence-electron chi connectivity index (χ0n) is 10.4. The second kappa shape index (κ2) is 5.71. The van der Waals surface area contributed by atoms with Crippen LogP contribution in [0.5, 0.6) is 0 Å². The van der Waals surface area contributed by atoms with Crippen LogP contribution in [0.15, 0.2) is 22.7 Å². The molecule has 0 saturated carbocycles. The number of carbonyl (C=O) groups excluding carboxylic acids is 1. The zero-order chi connectivity index (χ0) is 13.1. The van der Waals surface area contributed by atoms with Crippen molar-refractivity contribution in [2.45, 2.75) is 18.9 Å². The van der Waals surface area contributed by atoms with Gasteiger partial charge in [0, 0.05) is 30.4 Å². The fraction of sp³-hybridized carbons (Fsp3) is 0.462. The third-order valence-electron chi connectivity index (χ3n) is 3.09. The Morgan fingerprint density at radius 3 is 3.06 bits per heavy atom. The van der Waals surface area contributed by atoms with Gasteiger partial charge in [-0.25, -0.2) is 0 Å². The molecule has 1 aliphatic heterocycles. The van der Waals surface area contributed by atoms with Gasteiger partial charge in [0.05, 0.1) is 11.7 Å². The molecule has 1 aromatic carbocycles. The predicted octanol–water partition coefficient (Wildman–Crippen LogP) is 2.28. The van der Waals surface area contributed by atoms with Gasteiger partial charge in [-0.15, -0.1) is 0 Å². The van der Waals surface area contributed by atoms with Gasteiger partial charge in [-0.2, -0.15) is 0 Å². The van der Waals surface area contributed by atoms with E-state index in [9.17, 15) is 4.79 Å². The number of carbonyl (C=O) groups is 1. The maximum atomic E-state index is 12.3. The van der Waals surface area contributed by atoms with Crippen LogP contribution in [0.4, 0.5) is 5.69 Å². The first-order valence-electron chi connectivity index (χ1n) is 6.00. The third-order valence-corrected chi connectivity index (χ3v) is 3.59. The Morgan fingerprint density at radius 2 is 2.39 bits per heavy atom. The van der Waals surface area contributed by atoms with Crippen LogP contribution in [0.25, 0.3) is 0 Å². The molecular weight excluding hydrogens is 296 g/mol. The van der Waals surface area contributed by atoms with Crippen LogP contribution >= 0.6 is 15.9 Å². The minimum atomic E-state index is -0.0655. The molecule has 2 N–H and O–H groups in total. The van der Waals surface area contributed by atoms with E-state index >= 15 is 0 Å². The van der Waals surface area contributed by atoms with Crippen LogP contribution in [0.3, 0.4) is 0 Å². The summed E-state index contributed by atoms with van der Waals surface area (Å²) in [4.78, 5) is 13.9. The first-order valence-corrected chi connectivity index (χ1v) is 6.79. The number of benzene rings is 1. The second-order valence-electron chi connectivity index (χ2n) is 4.55. The topological polar surface area (TPSA) is 55.6 Å². The average Bonchev–Trinajstić information content (AvgIpc) is 2.84. The Morgan fingerprint density at radius 1 is 1.61 bits per heavy atom. The van der Waals surface area contributed by atoms with Crippen LogP contribution in [-0.4, -0.2) is 37.1 Å². The van der Waals surface area contributed by atoms with Gasteiger partial charge in [0.15, 0.2) is 0 Å². The SMILES string of the molecule is CN(CC1CCCO1)C(=O)c1cc(Br)ccc1N. The smallest absolute Gasteiger partial charge is 0.255 e. The Labute approximate surface area is 115 Å². The summed E-state index contributed by atoms with van der Waals surface area (Å²) >= 11 is 3.35. The average molecular weight is 313 g/mol. The van der Waals surface area contributed by atoms with Crippen LogP contribution < -0.4 is 5.73 Å². The number of rotatable bonds is 3. The molecule has 1 heterocycles. The molecule has 0 spiro atoms. The summed E-state index contributed by atoms with van der Waals surface area (Å²) in [5.74, 6) is -0.0655. The van der Waals surface area contributed by atoms with Crippen molar-refractivity contribution in [3.05, 3.63) is 28.2 Å². The van der Waals surface area contributed by atoms with Crippen molar-refractivity contribution < 1.29 is 9.53 Å². The second-order valence-corrected chi connectivity index (χ2v) is 5.47. The van der Waals surface area contributed by atoms with E-state index in [0.717, 1.165) is 23.9 Å². The molecule has 1 aliphatic rings. The van der Waals surface area contributed by atoms with Crippen molar-refractivity contribution in [1.82, 2.24) is 4.90 Å². The molecule has 1 fully saturated rings. The first kappa shape index (κ1) is 13.4. The first-order chi connectivity index (χ1) is 8.58. The number of nitrogen functional groups attached to an aromatic ring is 1. The van der Waals surface area contributed by atoms with E-state index in [0.29, 0.717) is 17.8 Å². The molecule has 5 heteroatoms. The fourth-order valence-corrected chi connectivity index (χ4v) is 2.46. The Hall–Kier alpha value is -1.07. The highest BCUT2D eigenvalue weighted by molar-refractivity contribution is 9.10. The maximum Gasteiger partial charge on any atom is 0.255 e. The molecular formula is C13H17BrN2O2. The minimum Gasteiger partial charge on any atom is -0.398 e. The van der Waals surface area contributed by atoms with Gasteiger partial charge >= 0.3 is 0 Å². The number of nitrogens with zero attached hydrogens (tertiary/aromatic N) is 1. The lowest BCUT2D eigenvalue weighted by Crippen LogP contribution is -2.34. The maximum absolute atomic E-state index is 12.3. The van der Waals surface area contributed by atoms with E-state index in [2.05, 4.69) is 15.9 Å². The van der Waals surface area contributed by atoms with E-state index in [1.54, 1.807) is 24.1 Å². The lowest BCUT2D eigenvalue weighted by atomic mass is 10.1. The molecule has 18 heavy (non-hydrogen) atoms. The summed E-state index contributed by atoms with van der Waals surface area (Å²) in [6.45, 7) is 1.41. The largest absolute Gasteiger partial charge is 0.398 e. The Balaban J connectivity index is 2.07. The molecule has 0 bridgehead atoms. The summed E-state index contributed by atoms with van der Waals surface area (Å²) in [6, 6.07) is 5.31. The lowest BCUT2D eigenvalue weighted by Gasteiger charge is -2.21. The van der Waals surface area contributed by atoms with E-state index in [-0.39, 0.29) is 12.0 Å². The van der Waals surface area contributed by atoms with E-state index in [4.69, 9.17) is 10.5 Å². The molecule has 0 aromatic heterocycles. The summed E-state index contributed by atoms with van der Waals surface area (Å²) in [7, 11) is 1.78. The van der Waals surface area contributed by atoms with Gasteiger partial charge in [0.2, 0.25) is 0 Å². The number of anilines is 1. The van der Waals surface area contributed by atoms with Crippen molar-refractivity contribution in [1.29, 1.82) is 0 Å². The number of hydrogen-bond acceptors (Lipinski definition) is 3. The van der Waals surface area contributed by atoms with E-state index in [1.165, 1.54) is 0 Å². The zero-order valence-corrected chi connectivity index (χ0v) is 11.9. The van der Waals surface area contributed by atoms with Crippen LogP contribution in [0.2, 0.25) is 0 Å². The van der Waals surface area contributed by atoms with Gasteiger partial charge in [-0.1, -0.05) is 15.9 Å². The Kier molecular flexibility index (Phi) is 4.24. The van der Waals surface area contributed by atoms with Gasteiger partial charge in [0.25, 0.3) is 5.91 Å². The summed E-state index contributed by atoms with van der Waals surface area (Å²) < 4.78 is 6.38. The molecule has 2 rings (SSSR count). The number of amides is 1. The van der Waals surface area contributed by atoms with Gasteiger partial charge in [0.1, 0.15) is 0 Å². The molecule has 0 radical (unpaired) electrons. The van der Waals surface area contributed by atoms with Crippen LogP contribution in [0, 0.1) is 0 Å². The minimum absolute atomic E-state index is 0.0655. The summed E-state index contributed by atoms with van der Waals surface area (Å²) in [5.41, 5.74) is 6.87. The number of hydrogen-bond donors (Lipinski definition) is 1. The molecule has 98 valence electrons. The van der Waals surface area contributed by atoms with Crippen molar-refractivity contribution in [2.24, 2.45) is 0 Å². The van der Waals surface area contributed by atoms with Gasteiger partial charge in [-0.3, -0.25) is 4.79 Å². The highest BCUT2D eigenvalue weighted by Gasteiger charge is 2.21. The fourth-order valence-electron chi connectivity index (χ4n) is 2.10. The number of halogens is 1. The van der Waals surface area contributed by atoms with Crippen molar-refractivity contribution in [3.8, 4) is 0 Å². The standard InChI is InChI=1S/C13H17BrN2O2/c1-16(8-10-3-2-6-18-10)13(17)11-7-9(14)4-5-12(11)15/h4-5,7,10H,2-3,6,8,15H2,1H3. The van der Waals surface area contributed by atoms with Crippen LogP contribution in [0.1, 0.15) is 23.2 Å². The van der Waals surface area contributed by atoms with E-state index < -0.39 is 0 Å². The monoisotopic (exact) mass is 312 g/mol. The summed E-state index contributed by atoms with van der Waals surface area (Å²) in [6.07, 6.45) is 2.25. The van der Waals surface area contributed by atoms with Gasteiger partial charge < -0.3 is 15.4 Å². The highest BCUT2D eigenvalue weighted by Crippen LogP contribution is 2.21. The Bertz CT molecular complexity index is 445. The molecule has 1 amide bonds. The van der Waals surface area contributed by atoms with Crippen LogP contribution in [-0.2, 0) is 4.74 Å². The third kappa shape index (κ3) is 3.03. The number of ether oxygens (including phenoxy) is 1. The van der Waals surface area contributed by atoms with Gasteiger partial charge in [-0.05, 0) is 31.0 Å². The highest BCUT2D eigenvalue weighted by atomic mass is 79.9. The molecule has 4 nitrogen and oxygen atoms in total. The lowest BCUT2D eigenvalue weighted by molar-refractivity contribution is 0.0588. The van der Waals surface area contributed by atoms with Crippen molar-refractivity contribution in [2.75, 3.05) is 25.9 Å². The quantitative estimate of drug-likeness (QED) is 0.871. The van der Waals surface area contributed by atoms with E-state index in [1.807, 2.05) is 6.07 Å². The summed E-state index contributed by atoms with van der Waals surface area (Å²) in [5, 5.41) is 0. The molecule has 1 saturated heterocycles. The van der Waals surface area contributed by atoms with Crippen molar-refractivity contribution in [3.63, 3.8) is 0 Å². The molecule has 1 atom stereocenters. The normalized spacial score (nSPS) is 18.9. The van der Waals surface area contributed by atoms with Crippen molar-refractivity contribution >= 4 is 27.5 Å². The number of likely N-dealkylation sites (N-methyl/N-ethyl adjacent to an activating group) is 1. The number of nitrogens with two attached hydrogens (primary N) is 1. The molecule has 0 aliphatic carbocycles. The predicted molar refractivity (Wildman–Crippen MR) is 74.5 cm³/mol. The molecule has 1 aromatic rings.